The van der Waals surface area contributed by atoms with Crippen molar-refractivity contribution >= 4 is 23.5 Å². The second-order valence-electron chi connectivity index (χ2n) is 5.24. The first kappa shape index (κ1) is 19.1. The number of ether oxygens (including phenoxy) is 2. The summed E-state index contributed by atoms with van der Waals surface area (Å²) >= 11 is 0. The maximum Gasteiger partial charge on any atom is 0.387 e. The smallest absolute Gasteiger partial charge is 0.387 e. The van der Waals surface area contributed by atoms with Crippen molar-refractivity contribution in [3.8, 4) is 11.5 Å². The van der Waals surface area contributed by atoms with Gasteiger partial charge in [0.1, 0.15) is 0 Å². The molecule has 0 aliphatic carbocycles. The van der Waals surface area contributed by atoms with Gasteiger partial charge in [0.25, 0.3) is 0 Å². The standard InChI is InChI=1S/C19H17F2NO4/c1-12(23)22-15-7-3-13(4-8-15)5-9-16(24)14-6-10-17(26-19(20)21)18(11-14)25-2/h3-11,19H,1-2H3,(H,22,23)/b9-5+. The molecule has 0 saturated carbocycles. The largest absolute Gasteiger partial charge is 0.493 e. The molecule has 0 spiro atoms. The molecule has 1 amide bonds. The van der Waals surface area contributed by atoms with E-state index in [-0.39, 0.29) is 28.8 Å². The van der Waals surface area contributed by atoms with Crippen LogP contribution in [0.5, 0.6) is 11.5 Å². The van der Waals surface area contributed by atoms with Gasteiger partial charge in [0.2, 0.25) is 5.91 Å². The molecule has 2 aromatic carbocycles. The third kappa shape index (κ3) is 5.41. The number of hydrogen-bond acceptors (Lipinski definition) is 4. The van der Waals surface area contributed by atoms with E-state index in [9.17, 15) is 18.4 Å². The Hall–Kier alpha value is -3.22. The van der Waals surface area contributed by atoms with Crippen molar-refractivity contribution in [1.82, 2.24) is 0 Å². The quantitative estimate of drug-likeness (QED) is 0.594. The van der Waals surface area contributed by atoms with Gasteiger partial charge >= 0.3 is 6.61 Å². The number of amides is 1. The van der Waals surface area contributed by atoms with E-state index in [2.05, 4.69) is 10.1 Å². The Labute approximate surface area is 149 Å². The van der Waals surface area contributed by atoms with Crippen LogP contribution in [0.2, 0.25) is 0 Å². The van der Waals surface area contributed by atoms with E-state index < -0.39 is 6.61 Å². The first-order valence-electron chi connectivity index (χ1n) is 7.62. The number of nitrogens with one attached hydrogen (secondary N) is 1. The molecule has 0 radical (unpaired) electrons. The number of rotatable bonds is 7. The Balaban J connectivity index is 2.11. The minimum Gasteiger partial charge on any atom is -0.493 e. The molecule has 7 heteroatoms. The van der Waals surface area contributed by atoms with E-state index >= 15 is 0 Å². The molecule has 0 unspecified atom stereocenters. The van der Waals surface area contributed by atoms with Crippen molar-refractivity contribution in [3.05, 3.63) is 59.7 Å². The molecule has 0 bridgehead atoms. The predicted octanol–water partition coefficient (Wildman–Crippen LogP) is 4.15. The highest BCUT2D eigenvalue weighted by molar-refractivity contribution is 6.07. The lowest BCUT2D eigenvalue weighted by atomic mass is 10.1. The molecule has 0 aromatic heterocycles. The number of alkyl halides is 2. The monoisotopic (exact) mass is 361 g/mol. The Morgan fingerprint density at radius 2 is 1.77 bits per heavy atom. The van der Waals surface area contributed by atoms with Gasteiger partial charge in [-0.1, -0.05) is 18.2 Å². The molecule has 0 fully saturated rings. The van der Waals surface area contributed by atoms with Crippen molar-refractivity contribution < 1.29 is 27.8 Å². The lowest BCUT2D eigenvalue weighted by Gasteiger charge is -2.10. The summed E-state index contributed by atoms with van der Waals surface area (Å²) in [7, 11) is 1.30. The van der Waals surface area contributed by atoms with Gasteiger partial charge in [0.15, 0.2) is 17.3 Å². The van der Waals surface area contributed by atoms with Crippen LogP contribution in [0, 0.1) is 0 Å². The Morgan fingerprint density at radius 3 is 2.35 bits per heavy atom. The van der Waals surface area contributed by atoms with Crippen LogP contribution in [0.3, 0.4) is 0 Å². The van der Waals surface area contributed by atoms with Crippen LogP contribution in [-0.2, 0) is 4.79 Å². The second kappa shape index (κ2) is 8.75. The Bertz CT molecular complexity index is 817. The summed E-state index contributed by atoms with van der Waals surface area (Å²) < 4.78 is 33.9. The average Bonchev–Trinajstić information content (AvgIpc) is 2.60. The lowest BCUT2D eigenvalue weighted by Crippen LogP contribution is -2.05. The molecule has 1 N–H and O–H groups in total. The highest BCUT2D eigenvalue weighted by atomic mass is 19.3. The SMILES string of the molecule is COc1cc(C(=O)/C=C/c2ccc(NC(C)=O)cc2)ccc1OC(F)F. The number of hydrogen-bond donors (Lipinski definition) is 1. The van der Waals surface area contributed by atoms with Gasteiger partial charge in [-0.15, -0.1) is 0 Å². The summed E-state index contributed by atoms with van der Waals surface area (Å²) in [4.78, 5) is 23.2. The number of methoxy groups -OCH3 is 1. The number of anilines is 1. The van der Waals surface area contributed by atoms with Gasteiger partial charge < -0.3 is 14.8 Å². The fourth-order valence-electron chi connectivity index (χ4n) is 2.16. The van der Waals surface area contributed by atoms with Crippen molar-refractivity contribution in [2.75, 3.05) is 12.4 Å². The Morgan fingerprint density at radius 1 is 1.08 bits per heavy atom. The third-order valence-corrected chi connectivity index (χ3v) is 3.32. The normalized spacial score (nSPS) is 10.8. The fourth-order valence-corrected chi connectivity index (χ4v) is 2.16. The van der Waals surface area contributed by atoms with E-state index in [1.165, 1.54) is 38.3 Å². The number of carbonyl (C=O) groups excluding carboxylic acids is 2. The van der Waals surface area contributed by atoms with E-state index in [0.29, 0.717) is 5.69 Å². The molecular weight excluding hydrogens is 344 g/mol. The summed E-state index contributed by atoms with van der Waals surface area (Å²) in [5.74, 6) is -0.588. The molecule has 0 heterocycles. The topological polar surface area (TPSA) is 64.6 Å². The van der Waals surface area contributed by atoms with E-state index in [0.717, 1.165) is 5.56 Å². The van der Waals surface area contributed by atoms with Gasteiger partial charge in [-0.2, -0.15) is 8.78 Å². The minimum atomic E-state index is -2.98. The van der Waals surface area contributed by atoms with E-state index in [1.54, 1.807) is 30.3 Å². The summed E-state index contributed by atoms with van der Waals surface area (Å²) in [6.07, 6.45) is 2.96. The minimum absolute atomic E-state index is 0.0456. The summed E-state index contributed by atoms with van der Waals surface area (Å²) in [5.41, 5.74) is 1.69. The summed E-state index contributed by atoms with van der Waals surface area (Å²) in [6.45, 7) is -1.57. The van der Waals surface area contributed by atoms with Gasteiger partial charge in [-0.05, 0) is 42.0 Å². The molecule has 26 heavy (non-hydrogen) atoms. The second-order valence-corrected chi connectivity index (χ2v) is 5.24. The maximum atomic E-state index is 12.3. The highest BCUT2D eigenvalue weighted by Gasteiger charge is 2.13. The lowest BCUT2D eigenvalue weighted by molar-refractivity contribution is -0.114. The Kier molecular flexibility index (Phi) is 6.43. The fraction of sp³-hybridized carbons (Fsp3) is 0.158. The molecule has 0 aliphatic heterocycles. The zero-order chi connectivity index (χ0) is 19.1. The van der Waals surface area contributed by atoms with Crippen LogP contribution in [0.15, 0.2) is 48.5 Å². The van der Waals surface area contributed by atoms with Crippen LogP contribution in [-0.4, -0.2) is 25.4 Å². The number of benzene rings is 2. The van der Waals surface area contributed by atoms with E-state index in [1.807, 2.05) is 0 Å². The maximum absolute atomic E-state index is 12.3. The third-order valence-electron chi connectivity index (χ3n) is 3.32. The molecule has 136 valence electrons. The molecule has 2 aromatic rings. The molecular formula is C19H17F2NO4. The van der Waals surface area contributed by atoms with Crippen LogP contribution in [0.25, 0.3) is 6.08 Å². The van der Waals surface area contributed by atoms with Crippen molar-refractivity contribution in [3.63, 3.8) is 0 Å². The van der Waals surface area contributed by atoms with Gasteiger partial charge in [-0.25, -0.2) is 0 Å². The zero-order valence-electron chi connectivity index (χ0n) is 14.2. The zero-order valence-corrected chi connectivity index (χ0v) is 14.2. The van der Waals surface area contributed by atoms with Crippen LogP contribution >= 0.6 is 0 Å². The molecule has 2 rings (SSSR count). The molecule has 0 aliphatic rings. The van der Waals surface area contributed by atoms with Crippen LogP contribution in [0.4, 0.5) is 14.5 Å². The number of carbonyl (C=O) groups is 2. The van der Waals surface area contributed by atoms with Crippen molar-refractivity contribution in [2.24, 2.45) is 0 Å². The first-order valence-corrected chi connectivity index (χ1v) is 7.62. The number of halogens is 2. The van der Waals surface area contributed by atoms with E-state index in [4.69, 9.17) is 4.74 Å². The first-order chi connectivity index (χ1) is 12.4. The number of allylic oxidation sites excluding steroid dienone is 1. The molecule has 5 nitrogen and oxygen atoms in total. The number of ketones is 1. The van der Waals surface area contributed by atoms with Crippen LogP contribution in [0.1, 0.15) is 22.8 Å². The summed E-state index contributed by atoms with van der Waals surface area (Å²) in [5, 5.41) is 2.64. The van der Waals surface area contributed by atoms with Gasteiger partial charge in [-0.3, -0.25) is 9.59 Å². The van der Waals surface area contributed by atoms with Crippen molar-refractivity contribution in [2.45, 2.75) is 13.5 Å². The predicted molar refractivity (Wildman–Crippen MR) is 93.7 cm³/mol. The van der Waals surface area contributed by atoms with Crippen LogP contribution < -0.4 is 14.8 Å². The average molecular weight is 361 g/mol. The molecule has 0 saturated heterocycles. The highest BCUT2D eigenvalue weighted by Crippen LogP contribution is 2.29. The van der Waals surface area contributed by atoms with Gasteiger partial charge in [0.05, 0.1) is 7.11 Å². The molecule has 0 atom stereocenters. The summed E-state index contributed by atoms with van der Waals surface area (Å²) in [6, 6.07) is 10.9. The van der Waals surface area contributed by atoms with Crippen molar-refractivity contribution in [1.29, 1.82) is 0 Å². The van der Waals surface area contributed by atoms with Gasteiger partial charge in [0, 0.05) is 18.2 Å².